The molecular weight excluding hydrogens is 350 g/mol. The number of piperidine rings is 1. The van der Waals surface area contributed by atoms with Crippen LogP contribution in [0.4, 0.5) is 10.5 Å². The first-order valence-electron chi connectivity index (χ1n) is 10.1. The minimum atomic E-state index is -0.211. The van der Waals surface area contributed by atoms with Crippen LogP contribution >= 0.6 is 0 Å². The summed E-state index contributed by atoms with van der Waals surface area (Å²) in [5.74, 6) is -0.235. The standard InChI is InChI=1S/C23H29N3O2/c1-2-3-16-24-23(28)26-17-19(22(27)25-20-12-8-5-9-13-20)14-15-21(26)18-10-6-4-7-11-18/h4-13,19,21H,2-3,14-17H2,1H3,(H,24,28)(H,25,27)/t19-,21+/m0/s1. The number of likely N-dealkylation sites (tertiary alicyclic amines) is 1. The van der Waals surface area contributed by atoms with Crippen LogP contribution in [0.1, 0.15) is 44.2 Å². The summed E-state index contributed by atoms with van der Waals surface area (Å²) < 4.78 is 0. The third kappa shape index (κ3) is 5.12. The number of amides is 3. The lowest BCUT2D eigenvalue weighted by molar-refractivity contribution is -0.121. The Morgan fingerprint density at radius 1 is 1.00 bits per heavy atom. The molecule has 1 heterocycles. The number of hydrogen-bond acceptors (Lipinski definition) is 2. The van der Waals surface area contributed by atoms with Crippen molar-refractivity contribution in [2.45, 2.75) is 38.6 Å². The maximum Gasteiger partial charge on any atom is 0.317 e. The highest BCUT2D eigenvalue weighted by atomic mass is 16.2. The molecule has 1 fully saturated rings. The van der Waals surface area contributed by atoms with Crippen LogP contribution in [0.15, 0.2) is 60.7 Å². The van der Waals surface area contributed by atoms with Gasteiger partial charge in [-0.15, -0.1) is 0 Å². The molecule has 2 aromatic rings. The molecule has 3 amide bonds. The lowest BCUT2D eigenvalue weighted by atomic mass is 9.88. The zero-order valence-corrected chi connectivity index (χ0v) is 16.4. The second-order valence-electron chi connectivity index (χ2n) is 7.29. The van der Waals surface area contributed by atoms with Crippen LogP contribution < -0.4 is 10.6 Å². The predicted molar refractivity (Wildman–Crippen MR) is 112 cm³/mol. The van der Waals surface area contributed by atoms with E-state index in [0.29, 0.717) is 13.1 Å². The second kappa shape index (κ2) is 9.93. The van der Waals surface area contributed by atoms with Gasteiger partial charge < -0.3 is 15.5 Å². The molecule has 3 rings (SSSR count). The largest absolute Gasteiger partial charge is 0.338 e. The minimum Gasteiger partial charge on any atom is -0.338 e. The Hall–Kier alpha value is -2.82. The number of para-hydroxylation sites is 1. The molecule has 0 spiro atoms. The number of anilines is 1. The summed E-state index contributed by atoms with van der Waals surface area (Å²) >= 11 is 0. The number of nitrogens with one attached hydrogen (secondary N) is 2. The normalized spacial score (nSPS) is 19.1. The van der Waals surface area contributed by atoms with Gasteiger partial charge in [0.2, 0.25) is 5.91 Å². The maximum atomic E-state index is 12.9. The van der Waals surface area contributed by atoms with Crippen LogP contribution in [0.2, 0.25) is 0 Å². The topological polar surface area (TPSA) is 61.4 Å². The second-order valence-corrected chi connectivity index (χ2v) is 7.29. The fraction of sp³-hybridized carbons (Fsp3) is 0.391. The van der Waals surface area contributed by atoms with Crippen LogP contribution in [-0.2, 0) is 4.79 Å². The molecule has 0 saturated carbocycles. The summed E-state index contributed by atoms with van der Waals surface area (Å²) in [5, 5.41) is 6.00. The molecule has 2 N–H and O–H groups in total. The number of benzene rings is 2. The Morgan fingerprint density at radius 3 is 2.36 bits per heavy atom. The zero-order chi connectivity index (χ0) is 19.8. The lowest BCUT2D eigenvalue weighted by Crippen LogP contribution is -2.49. The van der Waals surface area contributed by atoms with E-state index in [-0.39, 0.29) is 23.9 Å². The SMILES string of the molecule is CCCCNC(=O)N1C[C@@H](C(=O)Nc2ccccc2)CC[C@@H]1c1ccccc1. The summed E-state index contributed by atoms with van der Waals surface area (Å²) in [7, 11) is 0. The molecular formula is C23H29N3O2. The molecule has 2 atom stereocenters. The maximum absolute atomic E-state index is 12.9. The summed E-state index contributed by atoms with van der Waals surface area (Å²) in [6.45, 7) is 3.19. The molecule has 0 unspecified atom stereocenters. The van der Waals surface area contributed by atoms with Crippen molar-refractivity contribution in [3.63, 3.8) is 0 Å². The van der Waals surface area contributed by atoms with E-state index in [1.165, 1.54) is 0 Å². The minimum absolute atomic E-state index is 0.00334. The molecule has 5 heteroatoms. The molecule has 1 aliphatic rings. The van der Waals surface area contributed by atoms with E-state index in [1.807, 2.05) is 53.4 Å². The summed E-state index contributed by atoms with van der Waals surface area (Å²) in [4.78, 5) is 27.5. The van der Waals surface area contributed by atoms with Gasteiger partial charge in [-0.3, -0.25) is 4.79 Å². The van der Waals surface area contributed by atoms with Crippen LogP contribution in [0.25, 0.3) is 0 Å². The molecule has 5 nitrogen and oxygen atoms in total. The number of unbranched alkanes of at least 4 members (excludes halogenated alkanes) is 1. The number of rotatable bonds is 6. The molecule has 1 aliphatic heterocycles. The van der Waals surface area contributed by atoms with E-state index in [1.54, 1.807) is 0 Å². The quantitative estimate of drug-likeness (QED) is 0.721. The first kappa shape index (κ1) is 19.9. The van der Waals surface area contributed by atoms with Crippen molar-refractivity contribution in [1.29, 1.82) is 0 Å². The van der Waals surface area contributed by atoms with Gasteiger partial charge in [-0.2, -0.15) is 0 Å². The number of carbonyl (C=O) groups excluding carboxylic acids is 2. The molecule has 2 aromatic carbocycles. The third-order valence-corrected chi connectivity index (χ3v) is 5.25. The molecule has 0 radical (unpaired) electrons. The molecule has 0 bridgehead atoms. The van der Waals surface area contributed by atoms with E-state index in [2.05, 4.69) is 29.7 Å². The Morgan fingerprint density at radius 2 is 1.68 bits per heavy atom. The van der Waals surface area contributed by atoms with Gasteiger partial charge in [0.15, 0.2) is 0 Å². The van der Waals surface area contributed by atoms with Crippen molar-refractivity contribution in [3.05, 3.63) is 66.2 Å². The molecule has 28 heavy (non-hydrogen) atoms. The summed E-state index contributed by atoms with van der Waals surface area (Å²) in [6.07, 6.45) is 3.52. The van der Waals surface area contributed by atoms with Crippen LogP contribution in [0, 0.1) is 5.92 Å². The van der Waals surface area contributed by atoms with Gasteiger partial charge in [-0.05, 0) is 37.0 Å². The molecule has 0 aromatic heterocycles. The van der Waals surface area contributed by atoms with Crippen LogP contribution in [0.3, 0.4) is 0 Å². The average molecular weight is 380 g/mol. The summed E-state index contributed by atoms with van der Waals surface area (Å²) in [5.41, 5.74) is 1.91. The monoisotopic (exact) mass is 379 g/mol. The van der Waals surface area contributed by atoms with Gasteiger partial charge in [-0.25, -0.2) is 4.79 Å². The van der Waals surface area contributed by atoms with E-state index in [4.69, 9.17) is 0 Å². The Balaban J connectivity index is 1.71. The van der Waals surface area contributed by atoms with Crippen molar-refractivity contribution in [2.24, 2.45) is 5.92 Å². The van der Waals surface area contributed by atoms with Crippen LogP contribution in [0.5, 0.6) is 0 Å². The molecule has 1 saturated heterocycles. The van der Waals surface area contributed by atoms with Crippen molar-refractivity contribution in [2.75, 3.05) is 18.4 Å². The predicted octanol–water partition coefficient (Wildman–Crippen LogP) is 4.59. The number of carbonyl (C=O) groups is 2. The first-order chi connectivity index (χ1) is 13.7. The smallest absolute Gasteiger partial charge is 0.317 e. The highest BCUT2D eigenvalue weighted by Gasteiger charge is 2.35. The number of urea groups is 1. The average Bonchev–Trinajstić information content (AvgIpc) is 2.74. The van der Waals surface area contributed by atoms with Crippen molar-refractivity contribution in [1.82, 2.24) is 10.2 Å². The molecule has 0 aliphatic carbocycles. The Kier molecular flexibility index (Phi) is 7.06. The fourth-order valence-electron chi connectivity index (χ4n) is 3.67. The fourth-order valence-corrected chi connectivity index (χ4v) is 3.67. The lowest BCUT2D eigenvalue weighted by Gasteiger charge is -2.39. The Labute approximate surface area is 167 Å². The third-order valence-electron chi connectivity index (χ3n) is 5.25. The summed E-state index contributed by atoms with van der Waals surface area (Å²) in [6, 6.07) is 19.5. The van der Waals surface area contributed by atoms with Gasteiger partial charge in [0.05, 0.1) is 12.0 Å². The van der Waals surface area contributed by atoms with Gasteiger partial charge in [-0.1, -0.05) is 61.9 Å². The Bertz CT molecular complexity index is 764. The zero-order valence-electron chi connectivity index (χ0n) is 16.4. The van der Waals surface area contributed by atoms with Crippen molar-refractivity contribution >= 4 is 17.6 Å². The number of nitrogens with zero attached hydrogens (tertiary/aromatic N) is 1. The highest BCUT2D eigenvalue weighted by molar-refractivity contribution is 5.93. The number of hydrogen-bond donors (Lipinski definition) is 2. The van der Waals surface area contributed by atoms with E-state index < -0.39 is 0 Å². The van der Waals surface area contributed by atoms with Crippen molar-refractivity contribution < 1.29 is 9.59 Å². The van der Waals surface area contributed by atoms with E-state index in [9.17, 15) is 9.59 Å². The van der Waals surface area contributed by atoms with Gasteiger partial charge in [0.25, 0.3) is 0 Å². The van der Waals surface area contributed by atoms with Crippen molar-refractivity contribution in [3.8, 4) is 0 Å². The van der Waals surface area contributed by atoms with Crippen LogP contribution in [-0.4, -0.2) is 29.9 Å². The van der Waals surface area contributed by atoms with E-state index >= 15 is 0 Å². The van der Waals surface area contributed by atoms with Gasteiger partial charge in [0.1, 0.15) is 0 Å². The van der Waals surface area contributed by atoms with E-state index in [0.717, 1.165) is 36.9 Å². The first-order valence-corrected chi connectivity index (χ1v) is 10.1. The van der Waals surface area contributed by atoms with Gasteiger partial charge in [0, 0.05) is 18.8 Å². The van der Waals surface area contributed by atoms with Gasteiger partial charge >= 0.3 is 6.03 Å². The molecule has 148 valence electrons. The highest BCUT2D eigenvalue weighted by Crippen LogP contribution is 2.34.